The Morgan fingerprint density at radius 2 is 0.947 bits per heavy atom. The molecule has 2 aliphatic rings. The highest BCUT2D eigenvalue weighted by atomic mass is 16.8. The first-order valence-corrected chi connectivity index (χ1v) is 19.4. The van der Waals surface area contributed by atoms with Crippen LogP contribution in [0.5, 0.6) is 0 Å². The van der Waals surface area contributed by atoms with E-state index in [1.165, 1.54) is 0 Å². The molecular formula is C46H54O11. The van der Waals surface area contributed by atoms with Crippen LogP contribution in [0.4, 0.5) is 0 Å². The van der Waals surface area contributed by atoms with Crippen molar-refractivity contribution in [3.05, 3.63) is 169 Å². The summed E-state index contributed by atoms with van der Waals surface area (Å²) in [4.78, 5) is 0. The first kappa shape index (κ1) is 42.5. The van der Waals surface area contributed by atoms with Crippen molar-refractivity contribution in [1.29, 1.82) is 0 Å². The summed E-state index contributed by atoms with van der Waals surface area (Å²) in [5.74, 6) is 0. The lowest BCUT2D eigenvalue weighted by Crippen LogP contribution is -2.66. The largest absolute Gasteiger partial charge is 0.387 e. The van der Waals surface area contributed by atoms with Crippen molar-refractivity contribution in [3.8, 4) is 0 Å². The Morgan fingerprint density at radius 1 is 0.474 bits per heavy atom. The molecule has 2 aliphatic heterocycles. The lowest BCUT2D eigenvalue weighted by molar-refractivity contribution is -0.375. The zero-order valence-electron chi connectivity index (χ0n) is 32.1. The fourth-order valence-corrected chi connectivity index (χ4v) is 6.84. The maximum Gasteiger partial charge on any atom is 0.187 e. The second-order valence-electron chi connectivity index (χ2n) is 13.9. The quantitative estimate of drug-likeness (QED) is 0.0730. The van der Waals surface area contributed by atoms with E-state index >= 15 is 0 Å². The van der Waals surface area contributed by atoms with E-state index in [9.17, 15) is 10.2 Å². The summed E-state index contributed by atoms with van der Waals surface area (Å²) in [6.07, 6.45) is -7.17. The van der Waals surface area contributed by atoms with E-state index in [1.807, 2.05) is 121 Å². The van der Waals surface area contributed by atoms with Crippen LogP contribution in [0.3, 0.4) is 0 Å². The van der Waals surface area contributed by atoms with E-state index in [-0.39, 0.29) is 46.2 Å². The summed E-state index contributed by atoms with van der Waals surface area (Å²) in [7, 11) is 0. The van der Waals surface area contributed by atoms with Crippen LogP contribution in [-0.4, -0.2) is 98.1 Å². The van der Waals surface area contributed by atoms with Crippen LogP contribution in [-0.2, 0) is 69.1 Å². The SMILES string of the molecule is C=CCOC[C@H]1O[C@H](O)[C@@H](O[C@H]2O[C@H](COCc3ccccc3)[C@@H](OCc3ccccc3)[C@H](OCc3ccccc3)[C@@H]2OCc2ccccc2)[C@@H](OCC=C)[C@@H]1O. The molecule has 2 N–H and O–H groups in total. The molecule has 0 unspecified atom stereocenters. The predicted octanol–water partition coefficient (Wildman–Crippen LogP) is 5.92. The van der Waals surface area contributed by atoms with Gasteiger partial charge in [0.15, 0.2) is 12.6 Å². The third-order valence-electron chi connectivity index (χ3n) is 9.69. The topological polar surface area (TPSA) is 124 Å². The third-order valence-corrected chi connectivity index (χ3v) is 9.69. The summed E-state index contributed by atoms with van der Waals surface area (Å²) in [5.41, 5.74) is 3.82. The van der Waals surface area contributed by atoms with E-state index in [4.69, 9.17) is 42.6 Å². The van der Waals surface area contributed by atoms with Crippen LogP contribution in [0.15, 0.2) is 147 Å². The Labute approximate surface area is 335 Å². The Kier molecular flexibility index (Phi) is 17.0. The van der Waals surface area contributed by atoms with Gasteiger partial charge in [-0.3, -0.25) is 0 Å². The van der Waals surface area contributed by atoms with Gasteiger partial charge in [0.05, 0.1) is 52.9 Å². The van der Waals surface area contributed by atoms with E-state index in [0.29, 0.717) is 6.61 Å². The fraction of sp³-hybridized carbons (Fsp3) is 0.391. The number of aliphatic hydroxyl groups excluding tert-OH is 2. The van der Waals surface area contributed by atoms with Gasteiger partial charge in [0, 0.05) is 0 Å². The van der Waals surface area contributed by atoms with Crippen molar-refractivity contribution >= 4 is 0 Å². The number of ether oxygens (including phenoxy) is 9. The molecule has 0 radical (unpaired) electrons. The molecule has 0 bridgehead atoms. The molecular weight excluding hydrogens is 728 g/mol. The summed E-state index contributed by atoms with van der Waals surface area (Å²) >= 11 is 0. The summed E-state index contributed by atoms with van der Waals surface area (Å²) in [6.45, 7) is 8.87. The third kappa shape index (κ3) is 12.5. The van der Waals surface area contributed by atoms with Gasteiger partial charge < -0.3 is 52.8 Å². The van der Waals surface area contributed by atoms with Crippen molar-refractivity contribution in [3.63, 3.8) is 0 Å². The standard InChI is InChI=1S/C46H54O11/c1-3-25-49-31-37-39(47)41(51-26-4-2)43(45(48)55-37)57-46-44(54-30-36-23-15-8-16-24-36)42(53-29-35-21-13-7-14-22-35)40(52-28-34-19-11-6-12-20-34)38(56-46)32-50-27-33-17-9-5-10-18-33/h3-24,37-48H,1-2,25-32H2/t37-,38-,39-,40-,41+,42+,43+,44+,45+,46-/m1/s1. The number of rotatable bonds is 22. The van der Waals surface area contributed by atoms with Gasteiger partial charge in [-0.25, -0.2) is 0 Å². The van der Waals surface area contributed by atoms with Gasteiger partial charge in [0.2, 0.25) is 0 Å². The van der Waals surface area contributed by atoms with E-state index in [1.54, 1.807) is 12.2 Å². The average molecular weight is 783 g/mol. The van der Waals surface area contributed by atoms with Gasteiger partial charge in [0.25, 0.3) is 0 Å². The van der Waals surface area contributed by atoms with Gasteiger partial charge >= 0.3 is 0 Å². The summed E-state index contributed by atoms with van der Waals surface area (Å²) < 4.78 is 57.6. The highest BCUT2D eigenvalue weighted by Crippen LogP contribution is 2.35. The van der Waals surface area contributed by atoms with Crippen LogP contribution in [0, 0.1) is 0 Å². The Morgan fingerprint density at radius 3 is 1.47 bits per heavy atom. The van der Waals surface area contributed by atoms with Crippen molar-refractivity contribution in [2.75, 3.05) is 26.4 Å². The molecule has 0 saturated carbocycles. The second kappa shape index (κ2) is 22.8. The molecule has 4 aromatic rings. The minimum atomic E-state index is -1.54. The molecule has 304 valence electrons. The van der Waals surface area contributed by atoms with Gasteiger partial charge in [-0.2, -0.15) is 0 Å². The molecule has 0 spiro atoms. The average Bonchev–Trinajstić information content (AvgIpc) is 3.25. The molecule has 57 heavy (non-hydrogen) atoms. The van der Waals surface area contributed by atoms with Crippen LogP contribution in [0.25, 0.3) is 0 Å². The minimum absolute atomic E-state index is 0.00961. The Bertz CT molecular complexity index is 1710. The van der Waals surface area contributed by atoms with Crippen LogP contribution >= 0.6 is 0 Å². The van der Waals surface area contributed by atoms with Crippen molar-refractivity contribution in [2.24, 2.45) is 0 Å². The lowest BCUT2D eigenvalue weighted by Gasteiger charge is -2.49. The van der Waals surface area contributed by atoms with Gasteiger partial charge in [-0.15, -0.1) is 13.2 Å². The summed E-state index contributed by atoms with van der Waals surface area (Å²) in [5, 5.41) is 23.0. The Hall–Kier alpha value is -4.08. The maximum absolute atomic E-state index is 11.5. The molecule has 0 aliphatic carbocycles. The molecule has 2 saturated heterocycles. The normalized spacial score (nSPS) is 27.5. The van der Waals surface area contributed by atoms with E-state index < -0.39 is 61.4 Å². The first-order valence-electron chi connectivity index (χ1n) is 19.4. The first-order chi connectivity index (χ1) is 28.0. The number of hydrogen-bond acceptors (Lipinski definition) is 11. The molecule has 11 heteroatoms. The number of hydrogen-bond donors (Lipinski definition) is 2. The smallest absolute Gasteiger partial charge is 0.187 e. The van der Waals surface area contributed by atoms with Gasteiger partial charge in [-0.1, -0.05) is 133 Å². The highest BCUT2D eigenvalue weighted by Gasteiger charge is 2.53. The van der Waals surface area contributed by atoms with Crippen LogP contribution in [0.1, 0.15) is 22.3 Å². The molecule has 0 aromatic heterocycles. The van der Waals surface area contributed by atoms with E-state index in [0.717, 1.165) is 22.3 Å². The molecule has 4 aromatic carbocycles. The minimum Gasteiger partial charge on any atom is -0.387 e. The molecule has 2 fully saturated rings. The molecule has 0 amide bonds. The monoisotopic (exact) mass is 782 g/mol. The molecule has 11 nitrogen and oxygen atoms in total. The zero-order valence-corrected chi connectivity index (χ0v) is 32.1. The second-order valence-corrected chi connectivity index (χ2v) is 13.9. The molecule has 6 rings (SSSR count). The van der Waals surface area contributed by atoms with E-state index in [2.05, 4.69) is 13.2 Å². The Balaban J connectivity index is 1.34. The number of benzene rings is 4. The van der Waals surface area contributed by atoms with Gasteiger partial charge in [-0.05, 0) is 22.3 Å². The van der Waals surface area contributed by atoms with Gasteiger partial charge in [0.1, 0.15) is 48.8 Å². The number of aliphatic hydroxyl groups is 2. The van der Waals surface area contributed by atoms with Crippen LogP contribution in [0.2, 0.25) is 0 Å². The highest BCUT2D eigenvalue weighted by molar-refractivity contribution is 5.16. The lowest BCUT2D eigenvalue weighted by atomic mass is 9.96. The molecule has 10 atom stereocenters. The van der Waals surface area contributed by atoms with Crippen molar-refractivity contribution < 1.29 is 52.8 Å². The maximum atomic E-state index is 11.5. The van der Waals surface area contributed by atoms with Crippen molar-refractivity contribution in [2.45, 2.75) is 87.8 Å². The van der Waals surface area contributed by atoms with Crippen molar-refractivity contribution in [1.82, 2.24) is 0 Å². The zero-order chi connectivity index (χ0) is 39.7. The van der Waals surface area contributed by atoms with Crippen LogP contribution < -0.4 is 0 Å². The predicted molar refractivity (Wildman–Crippen MR) is 213 cm³/mol. The summed E-state index contributed by atoms with van der Waals surface area (Å²) in [6, 6.07) is 39.3. The molecule has 2 heterocycles. The fourth-order valence-electron chi connectivity index (χ4n) is 6.84.